The van der Waals surface area contributed by atoms with Gasteiger partial charge in [0.2, 0.25) is 0 Å². The molecule has 5 rings (SSSR count). The minimum atomic E-state index is 1.31. The van der Waals surface area contributed by atoms with Crippen LogP contribution in [0.25, 0.3) is 43.1 Å². The number of rotatable bonds is 0. The molecule has 0 aromatic heterocycles. The molecule has 5 aromatic carbocycles. The Hall–Kier alpha value is -2.86. The maximum absolute atomic E-state index is 2.39. The average Bonchev–Trinajstić information content (AvgIpc) is 2.68. The first-order valence-corrected chi connectivity index (χ1v) is 9.31. The van der Waals surface area contributed by atoms with Crippen LogP contribution >= 0.6 is 0 Å². The molecule has 5 aromatic rings. The predicted molar refractivity (Wildman–Crippen MR) is 115 cm³/mol. The third kappa shape index (κ3) is 1.90. The van der Waals surface area contributed by atoms with E-state index in [4.69, 9.17) is 0 Å². The normalized spacial score (nSPS) is 11.8. The van der Waals surface area contributed by atoms with Crippen LogP contribution in [-0.2, 0) is 0 Å². The highest BCUT2D eigenvalue weighted by molar-refractivity contribution is 6.28. The van der Waals surface area contributed by atoms with E-state index in [0.29, 0.717) is 0 Å². The van der Waals surface area contributed by atoms with Crippen molar-refractivity contribution in [2.45, 2.75) is 27.7 Å². The monoisotopic (exact) mass is 334 g/mol. The molecular weight excluding hydrogens is 312 g/mol. The van der Waals surface area contributed by atoms with Crippen LogP contribution in [0.3, 0.4) is 0 Å². The van der Waals surface area contributed by atoms with Crippen LogP contribution in [0.2, 0.25) is 0 Å². The van der Waals surface area contributed by atoms with E-state index in [2.05, 4.69) is 88.4 Å². The summed E-state index contributed by atoms with van der Waals surface area (Å²) in [6.07, 6.45) is 0. The summed E-state index contributed by atoms with van der Waals surface area (Å²) < 4.78 is 0. The Morgan fingerprint density at radius 1 is 0.423 bits per heavy atom. The van der Waals surface area contributed by atoms with E-state index in [9.17, 15) is 0 Å². The first-order chi connectivity index (χ1) is 12.6. The molecular formula is C26H22. The lowest BCUT2D eigenvalue weighted by atomic mass is 9.85. The standard InChI is InChI=1S/C26H22/c1-15-16(2)18(4)26-24-14-20-10-6-5-9-19(20)13-23(24)21-11-7-8-12-22(21)25(26)17(15)3/h5-14H,1-4H3. The van der Waals surface area contributed by atoms with Gasteiger partial charge in [0.25, 0.3) is 0 Å². The van der Waals surface area contributed by atoms with Gasteiger partial charge < -0.3 is 0 Å². The Labute approximate surface area is 154 Å². The maximum atomic E-state index is 2.39. The molecule has 0 spiro atoms. The van der Waals surface area contributed by atoms with Gasteiger partial charge in [-0.2, -0.15) is 0 Å². The summed E-state index contributed by atoms with van der Waals surface area (Å²) in [5, 5.41) is 10.9. The highest BCUT2D eigenvalue weighted by Gasteiger charge is 2.16. The fraction of sp³-hybridized carbons (Fsp3) is 0.154. The van der Waals surface area contributed by atoms with E-state index in [1.807, 2.05) is 0 Å². The van der Waals surface area contributed by atoms with Gasteiger partial charge in [-0.05, 0) is 105 Å². The van der Waals surface area contributed by atoms with Crippen molar-refractivity contribution in [1.82, 2.24) is 0 Å². The van der Waals surface area contributed by atoms with Gasteiger partial charge in [0.05, 0.1) is 0 Å². The molecule has 0 saturated heterocycles. The van der Waals surface area contributed by atoms with Gasteiger partial charge in [-0.15, -0.1) is 0 Å². The number of aryl methyl sites for hydroxylation is 2. The molecule has 0 aliphatic carbocycles. The van der Waals surface area contributed by atoms with E-state index in [1.54, 1.807) is 0 Å². The summed E-state index contributed by atoms with van der Waals surface area (Å²) in [4.78, 5) is 0. The van der Waals surface area contributed by atoms with Crippen LogP contribution in [0.1, 0.15) is 22.3 Å². The topological polar surface area (TPSA) is 0 Å². The Kier molecular flexibility index (Phi) is 3.15. The van der Waals surface area contributed by atoms with Crippen LogP contribution in [-0.4, -0.2) is 0 Å². The van der Waals surface area contributed by atoms with Crippen molar-refractivity contribution in [3.05, 3.63) is 82.9 Å². The van der Waals surface area contributed by atoms with Crippen LogP contribution in [0.5, 0.6) is 0 Å². The molecule has 26 heavy (non-hydrogen) atoms. The van der Waals surface area contributed by atoms with Crippen molar-refractivity contribution in [1.29, 1.82) is 0 Å². The number of fused-ring (bicyclic) bond motifs is 7. The summed E-state index contributed by atoms with van der Waals surface area (Å²) in [7, 11) is 0. The minimum Gasteiger partial charge on any atom is -0.0616 e. The van der Waals surface area contributed by atoms with Gasteiger partial charge in [-0.25, -0.2) is 0 Å². The second-order valence-corrected chi connectivity index (χ2v) is 7.54. The molecule has 0 bridgehead atoms. The van der Waals surface area contributed by atoms with Gasteiger partial charge in [0.1, 0.15) is 0 Å². The molecule has 126 valence electrons. The lowest BCUT2D eigenvalue weighted by Gasteiger charge is -2.19. The summed E-state index contributed by atoms with van der Waals surface area (Å²) >= 11 is 0. The fourth-order valence-electron chi connectivity index (χ4n) is 4.59. The Morgan fingerprint density at radius 2 is 0.885 bits per heavy atom. The van der Waals surface area contributed by atoms with E-state index in [0.717, 1.165) is 0 Å². The quantitative estimate of drug-likeness (QED) is 0.203. The van der Waals surface area contributed by atoms with E-state index < -0.39 is 0 Å². The zero-order valence-electron chi connectivity index (χ0n) is 15.8. The third-order valence-corrected chi connectivity index (χ3v) is 6.33. The zero-order chi connectivity index (χ0) is 18.0. The second kappa shape index (κ2) is 5.32. The Bertz CT molecular complexity index is 1350. The molecule has 0 atom stereocenters. The van der Waals surface area contributed by atoms with Gasteiger partial charge in [0.15, 0.2) is 0 Å². The van der Waals surface area contributed by atoms with Crippen molar-refractivity contribution < 1.29 is 0 Å². The predicted octanol–water partition coefficient (Wildman–Crippen LogP) is 7.53. The van der Waals surface area contributed by atoms with Gasteiger partial charge in [0, 0.05) is 0 Å². The molecule has 0 heteroatoms. The molecule has 0 radical (unpaired) electrons. The van der Waals surface area contributed by atoms with Gasteiger partial charge in [-0.3, -0.25) is 0 Å². The molecule has 0 amide bonds. The first-order valence-electron chi connectivity index (χ1n) is 9.31. The van der Waals surface area contributed by atoms with Crippen molar-refractivity contribution in [3.63, 3.8) is 0 Å². The lowest BCUT2D eigenvalue weighted by Crippen LogP contribution is -1.96. The van der Waals surface area contributed by atoms with Crippen molar-refractivity contribution in [2.24, 2.45) is 0 Å². The summed E-state index contributed by atoms with van der Waals surface area (Å²) in [6.45, 7) is 9.09. The highest BCUT2D eigenvalue weighted by atomic mass is 14.2. The smallest absolute Gasteiger partial charge is 0.00639 e. The van der Waals surface area contributed by atoms with Crippen molar-refractivity contribution >= 4 is 43.1 Å². The summed E-state index contributed by atoms with van der Waals surface area (Å²) in [5.41, 5.74) is 5.66. The highest BCUT2D eigenvalue weighted by Crippen LogP contribution is 2.41. The molecule has 0 aliphatic rings. The largest absolute Gasteiger partial charge is 0.0616 e. The molecule has 0 aliphatic heterocycles. The SMILES string of the molecule is Cc1c(C)c(C)c2c3cc4ccccc4cc3c3ccccc3c2c1C. The van der Waals surface area contributed by atoms with E-state index in [-0.39, 0.29) is 0 Å². The maximum Gasteiger partial charge on any atom is -0.00639 e. The van der Waals surface area contributed by atoms with Crippen LogP contribution in [0, 0.1) is 27.7 Å². The van der Waals surface area contributed by atoms with Gasteiger partial charge in [-0.1, -0.05) is 48.5 Å². The lowest BCUT2D eigenvalue weighted by molar-refractivity contribution is 1.26. The van der Waals surface area contributed by atoms with Crippen LogP contribution < -0.4 is 0 Å². The molecule has 0 fully saturated rings. The molecule has 0 heterocycles. The van der Waals surface area contributed by atoms with Crippen LogP contribution in [0.4, 0.5) is 0 Å². The van der Waals surface area contributed by atoms with Crippen molar-refractivity contribution in [3.8, 4) is 0 Å². The molecule has 0 unspecified atom stereocenters. The number of hydrogen-bond donors (Lipinski definition) is 0. The second-order valence-electron chi connectivity index (χ2n) is 7.54. The third-order valence-electron chi connectivity index (χ3n) is 6.33. The van der Waals surface area contributed by atoms with Crippen molar-refractivity contribution in [2.75, 3.05) is 0 Å². The Morgan fingerprint density at radius 3 is 1.50 bits per heavy atom. The van der Waals surface area contributed by atoms with E-state index in [1.165, 1.54) is 65.3 Å². The van der Waals surface area contributed by atoms with Crippen LogP contribution in [0.15, 0.2) is 60.7 Å². The first kappa shape index (κ1) is 15.4. The fourth-order valence-corrected chi connectivity index (χ4v) is 4.59. The summed E-state index contributed by atoms with van der Waals surface area (Å²) in [5.74, 6) is 0. The minimum absolute atomic E-state index is 1.31. The average molecular weight is 334 g/mol. The Balaban J connectivity index is 2.22. The zero-order valence-corrected chi connectivity index (χ0v) is 15.8. The van der Waals surface area contributed by atoms with E-state index >= 15 is 0 Å². The number of hydrogen-bond acceptors (Lipinski definition) is 0. The van der Waals surface area contributed by atoms with Gasteiger partial charge >= 0.3 is 0 Å². The molecule has 0 nitrogen and oxygen atoms in total. The summed E-state index contributed by atoms with van der Waals surface area (Å²) in [6, 6.07) is 22.3. The molecule has 0 saturated carbocycles. The number of benzene rings is 5. The molecule has 0 N–H and O–H groups in total.